The van der Waals surface area contributed by atoms with Crippen molar-refractivity contribution in [3.05, 3.63) is 53.6 Å². The predicted molar refractivity (Wildman–Crippen MR) is 95.2 cm³/mol. The minimum atomic E-state index is -3.88. The number of halogens is 2. The van der Waals surface area contributed by atoms with Crippen molar-refractivity contribution in [2.45, 2.75) is 35.1 Å². The molecule has 0 radical (unpaired) electrons. The van der Waals surface area contributed by atoms with Crippen LogP contribution in [0.15, 0.2) is 46.2 Å². The van der Waals surface area contributed by atoms with Gasteiger partial charge in [-0.25, -0.2) is 17.2 Å². The Hall–Kier alpha value is -1.99. The lowest BCUT2D eigenvalue weighted by molar-refractivity contribution is 0.435. The number of fused-ring (bicyclic) bond motifs is 1. The summed E-state index contributed by atoms with van der Waals surface area (Å²) in [7, 11) is -3.88. The van der Waals surface area contributed by atoms with E-state index in [4.69, 9.17) is 0 Å². The summed E-state index contributed by atoms with van der Waals surface area (Å²) in [4.78, 5) is 2.25. The highest BCUT2D eigenvalue weighted by molar-refractivity contribution is 7.91. The maximum atomic E-state index is 13.5. The number of piperidine rings is 1. The van der Waals surface area contributed by atoms with Gasteiger partial charge < -0.3 is 10.2 Å². The van der Waals surface area contributed by atoms with Crippen molar-refractivity contribution in [2.75, 3.05) is 24.5 Å². The highest BCUT2D eigenvalue weighted by Gasteiger charge is 2.29. The Kier molecular flexibility index (Phi) is 4.44. The van der Waals surface area contributed by atoms with E-state index in [9.17, 15) is 17.2 Å². The molecule has 2 aliphatic heterocycles. The van der Waals surface area contributed by atoms with E-state index >= 15 is 0 Å². The highest BCUT2D eigenvalue weighted by Crippen LogP contribution is 2.35. The highest BCUT2D eigenvalue weighted by atomic mass is 32.2. The Bertz CT molecular complexity index is 941. The molecule has 26 heavy (non-hydrogen) atoms. The first-order valence-corrected chi connectivity index (χ1v) is 10.3. The lowest BCUT2D eigenvalue weighted by Crippen LogP contribution is -2.42. The maximum Gasteiger partial charge on any atom is 0.206 e. The van der Waals surface area contributed by atoms with E-state index in [2.05, 4.69) is 10.2 Å². The average Bonchev–Trinajstić information content (AvgIpc) is 3.08. The van der Waals surface area contributed by atoms with Gasteiger partial charge in [-0.15, -0.1) is 0 Å². The number of nitrogens with one attached hydrogen (secondary N) is 1. The first kappa shape index (κ1) is 17.4. The van der Waals surface area contributed by atoms with Gasteiger partial charge in [0, 0.05) is 18.3 Å². The average molecular weight is 378 g/mol. The lowest BCUT2D eigenvalue weighted by Gasteiger charge is -2.33. The Morgan fingerprint density at radius 2 is 1.65 bits per heavy atom. The molecular weight excluding hydrogens is 358 g/mol. The van der Waals surface area contributed by atoms with Gasteiger partial charge in [-0.1, -0.05) is 0 Å². The zero-order valence-electron chi connectivity index (χ0n) is 14.2. The van der Waals surface area contributed by atoms with Crippen LogP contribution in [0.1, 0.15) is 18.4 Å². The van der Waals surface area contributed by atoms with E-state index in [-0.39, 0.29) is 9.79 Å². The van der Waals surface area contributed by atoms with Crippen molar-refractivity contribution in [3.8, 4) is 0 Å². The van der Waals surface area contributed by atoms with Crippen LogP contribution in [-0.2, 0) is 16.3 Å². The SMILES string of the molecule is O=S(=O)(c1ccc(F)c(F)c1)c1ccc2c(c1)CCN2C1CCNCC1. The van der Waals surface area contributed by atoms with Crippen LogP contribution in [-0.4, -0.2) is 34.1 Å². The Morgan fingerprint density at radius 3 is 2.38 bits per heavy atom. The fourth-order valence-electron chi connectivity index (χ4n) is 3.85. The summed E-state index contributed by atoms with van der Waals surface area (Å²) in [6, 6.07) is 8.24. The molecule has 2 aliphatic rings. The first-order chi connectivity index (χ1) is 12.5. The summed E-state index contributed by atoms with van der Waals surface area (Å²) in [6.07, 6.45) is 2.95. The minimum Gasteiger partial charge on any atom is -0.368 e. The molecular formula is C19H20F2N2O2S. The number of rotatable bonds is 3. The zero-order chi connectivity index (χ0) is 18.3. The van der Waals surface area contributed by atoms with Crippen LogP contribution in [0.4, 0.5) is 14.5 Å². The van der Waals surface area contributed by atoms with Gasteiger partial charge in [0.1, 0.15) is 0 Å². The fourth-order valence-corrected chi connectivity index (χ4v) is 5.17. The molecule has 1 saturated heterocycles. The topological polar surface area (TPSA) is 49.4 Å². The minimum absolute atomic E-state index is 0.120. The summed E-state index contributed by atoms with van der Waals surface area (Å²) < 4.78 is 52.1. The van der Waals surface area contributed by atoms with Crippen LogP contribution in [0.25, 0.3) is 0 Å². The Balaban J connectivity index is 1.66. The van der Waals surface area contributed by atoms with Gasteiger partial charge in [0.25, 0.3) is 0 Å². The second kappa shape index (κ2) is 6.63. The van der Waals surface area contributed by atoms with Gasteiger partial charge in [-0.2, -0.15) is 0 Å². The summed E-state index contributed by atoms with van der Waals surface area (Å²) >= 11 is 0. The van der Waals surface area contributed by atoms with Crippen LogP contribution >= 0.6 is 0 Å². The third-order valence-corrected chi connectivity index (χ3v) is 6.99. The van der Waals surface area contributed by atoms with Crippen molar-refractivity contribution in [2.24, 2.45) is 0 Å². The molecule has 4 rings (SSSR count). The van der Waals surface area contributed by atoms with Crippen molar-refractivity contribution in [1.29, 1.82) is 0 Å². The van der Waals surface area contributed by atoms with Gasteiger partial charge in [-0.05, 0) is 74.3 Å². The second-order valence-corrected chi connectivity index (χ2v) is 8.74. The molecule has 1 fully saturated rings. The quantitative estimate of drug-likeness (QED) is 0.835. The van der Waals surface area contributed by atoms with E-state index in [1.54, 1.807) is 12.1 Å². The molecule has 0 aromatic heterocycles. The molecule has 0 aliphatic carbocycles. The zero-order valence-corrected chi connectivity index (χ0v) is 15.0. The molecule has 2 heterocycles. The largest absolute Gasteiger partial charge is 0.368 e. The standard InChI is InChI=1S/C19H20F2N2O2S/c20-17-3-1-16(12-18(17)21)26(24,25)15-2-4-19-13(11-15)7-10-23(19)14-5-8-22-9-6-14/h1-4,11-12,14,22H,5-10H2. The summed E-state index contributed by atoms with van der Waals surface area (Å²) in [6.45, 7) is 2.88. The van der Waals surface area contributed by atoms with Crippen LogP contribution in [0.5, 0.6) is 0 Å². The van der Waals surface area contributed by atoms with Crippen molar-refractivity contribution < 1.29 is 17.2 Å². The monoisotopic (exact) mass is 378 g/mol. The van der Waals surface area contributed by atoms with Crippen LogP contribution < -0.4 is 10.2 Å². The molecule has 0 spiro atoms. The normalized spacial score (nSPS) is 18.2. The molecule has 0 saturated carbocycles. The summed E-state index contributed by atoms with van der Waals surface area (Å²) in [5.74, 6) is -2.22. The van der Waals surface area contributed by atoms with Crippen molar-refractivity contribution in [1.82, 2.24) is 5.32 Å². The number of hydrogen-bond acceptors (Lipinski definition) is 4. The number of nitrogens with zero attached hydrogens (tertiary/aromatic N) is 1. The number of anilines is 1. The molecule has 0 amide bonds. The molecule has 2 aromatic carbocycles. The van der Waals surface area contributed by atoms with E-state index in [0.29, 0.717) is 6.04 Å². The molecule has 0 unspecified atom stereocenters. The van der Waals surface area contributed by atoms with E-state index in [0.717, 1.165) is 68.3 Å². The van der Waals surface area contributed by atoms with Crippen molar-refractivity contribution in [3.63, 3.8) is 0 Å². The van der Waals surface area contributed by atoms with Crippen LogP contribution in [0, 0.1) is 11.6 Å². The third kappa shape index (κ3) is 2.99. The summed E-state index contributed by atoms with van der Waals surface area (Å²) in [5.41, 5.74) is 2.08. The molecule has 138 valence electrons. The van der Waals surface area contributed by atoms with Crippen molar-refractivity contribution >= 4 is 15.5 Å². The molecule has 7 heteroatoms. The third-order valence-electron chi connectivity index (χ3n) is 5.24. The van der Waals surface area contributed by atoms with Gasteiger partial charge >= 0.3 is 0 Å². The van der Waals surface area contributed by atoms with E-state index in [1.165, 1.54) is 0 Å². The first-order valence-electron chi connectivity index (χ1n) is 8.77. The van der Waals surface area contributed by atoms with Gasteiger partial charge in [0.05, 0.1) is 9.79 Å². The Morgan fingerprint density at radius 1 is 0.962 bits per heavy atom. The summed E-state index contributed by atoms with van der Waals surface area (Å²) in [5, 5.41) is 3.35. The lowest BCUT2D eigenvalue weighted by atomic mass is 10.0. The smallest absolute Gasteiger partial charge is 0.206 e. The van der Waals surface area contributed by atoms with Crippen LogP contribution in [0.3, 0.4) is 0 Å². The predicted octanol–water partition coefficient (Wildman–Crippen LogP) is 2.91. The molecule has 4 nitrogen and oxygen atoms in total. The van der Waals surface area contributed by atoms with Gasteiger partial charge in [-0.3, -0.25) is 0 Å². The molecule has 1 N–H and O–H groups in total. The molecule has 0 bridgehead atoms. The van der Waals surface area contributed by atoms with E-state index < -0.39 is 21.5 Å². The molecule has 2 aromatic rings. The van der Waals surface area contributed by atoms with Crippen LogP contribution in [0.2, 0.25) is 0 Å². The van der Waals surface area contributed by atoms with E-state index in [1.807, 2.05) is 6.07 Å². The maximum absolute atomic E-state index is 13.5. The second-order valence-electron chi connectivity index (χ2n) is 6.79. The number of sulfone groups is 1. The molecule has 0 atom stereocenters. The fraction of sp³-hybridized carbons (Fsp3) is 0.368. The van der Waals surface area contributed by atoms with Gasteiger partial charge in [0.15, 0.2) is 11.6 Å². The van der Waals surface area contributed by atoms with Gasteiger partial charge in [0.2, 0.25) is 9.84 Å². The number of benzene rings is 2. The Labute approximate surface area is 151 Å². The number of hydrogen-bond donors (Lipinski definition) is 1.